The van der Waals surface area contributed by atoms with Gasteiger partial charge in [0, 0.05) is 10.6 Å². The third-order valence-electron chi connectivity index (χ3n) is 6.05. The van der Waals surface area contributed by atoms with Crippen molar-refractivity contribution in [2.75, 3.05) is 4.90 Å². The van der Waals surface area contributed by atoms with E-state index >= 15 is 0 Å². The Kier molecular flexibility index (Phi) is 7.19. The van der Waals surface area contributed by atoms with E-state index in [9.17, 15) is 19.2 Å². The summed E-state index contributed by atoms with van der Waals surface area (Å²) in [6, 6.07) is 23.7. The van der Waals surface area contributed by atoms with Gasteiger partial charge >= 0.3 is 5.97 Å². The molecular weight excluding hydrogens is 541 g/mol. The molecule has 2 amide bonds. The highest BCUT2D eigenvalue weighted by atomic mass is 35.5. The summed E-state index contributed by atoms with van der Waals surface area (Å²) in [6.07, 6.45) is -1.04. The molecule has 1 aliphatic rings. The van der Waals surface area contributed by atoms with Gasteiger partial charge in [-0.05, 0) is 67.6 Å². The fourth-order valence-corrected chi connectivity index (χ4v) is 4.40. The molecule has 7 nitrogen and oxygen atoms in total. The predicted molar refractivity (Wildman–Crippen MR) is 146 cm³/mol. The molecule has 0 saturated carbocycles. The van der Waals surface area contributed by atoms with Gasteiger partial charge in [0.25, 0.3) is 11.8 Å². The summed E-state index contributed by atoms with van der Waals surface area (Å²) in [5.41, 5.74) is 0.846. The van der Waals surface area contributed by atoms with Crippen molar-refractivity contribution in [1.82, 2.24) is 0 Å². The van der Waals surface area contributed by atoms with E-state index < -0.39 is 23.9 Å². The normalized spacial score (nSPS) is 13.2. The van der Waals surface area contributed by atoms with Crippen LogP contribution in [0.25, 0.3) is 0 Å². The van der Waals surface area contributed by atoms with E-state index in [2.05, 4.69) is 0 Å². The van der Waals surface area contributed by atoms with Crippen LogP contribution in [0.1, 0.15) is 48.4 Å². The van der Waals surface area contributed by atoms with Gasteiger partial charge in [-0.2, -0.15) is 0 Å². The van der Waals surface area contributed by atoms with E-state index in [1.54, 1.807) is 60.7 Å². The van der Waals surface area contributed by atoms with Crippen LogP contribution in [0.2, 0.25) is 10.0 Å². The Morgan fingerprint density at radius 2 is 1.46 bits per heavy atom. The molecule has 0 N–H and O–H groups in total. The molecule has 1 unspecified atom stereocenters. The summed E-state index contributed by atoms with van der Waals surface area (Å²) < 4.78 is 11.1. The third-order valence-corrected chi connectivity index (χ3v) is 6.60. The first-order valence-corrected chi connectivity index (χ1v) is 12.5. The average Bonchev–Trinajstić information content (AvgIpc) is 3.19. The number of Topliss-reactive ketones (excluding diaryl/α,β-unsaturated/α-hetero) is 1. The van der Waals surface area contributed by atoms with Gasteiger partial charge in [-0.15, -0.1) is 0 Å². The topological polar surface area (TPSA) is 90.0 Å². The van der Waals surface area contributed by atoms with Gasteiger partial charge < -0.3 is 9.47 Å². The SMILES string of the molecule is CC(OC(=O)c1ccc2c(c1)C(=O)N(c1ccc(Oc3ccc(Cl)cc3)c(Cl)c1)C2=O)C(=O)c1ccccc1. The first kappa shape index (κ1) is 26.2. The number of amides is 2. The van der Waals surface area contributed by atoms with Crippen molar-refractivity contribution >= 4 is 52.5 Å². The molecule has 0 bridgehead atoms. The summed E-state index contributed by atoms with van der Waals surface area (Å²) in [5.74, 6) is -1.51. The monoisotopic (exact) mass is 559 g/mol. The zero-order valence-electron chi connectivity index (χ0n) is 20.4. The molecule has 4 aromatic carbocycles. The van der Waals surface area contributed by atoms with E-state index in [4.69, 9.17) is 32.7 Å². The van der Waals surface area contributed by atoms with Crippen molar-refractivity contribution < 1.29 is 28.7 Å². The molecule has 0 spiro atoms. The molecule has 0 fully saturated rings. The highest BCUT2D eigenvalue weighted by Crippen LogP contribution is 2.36. The zero-order chi connectivity index (χ0) is 27.7. The van der Waals surface area contributed by atoms with Gasteiger partial charge in [0.2, 0.25) is 5.78 Å². The Bertz CT molecular complexity index is 1620. The van der Waals surface area contributed by atoms with Crippen LogP contribution in [-0.2, 0) is 4.74 Å². The van der Waals surface area contributed by atoms with Crippen molar-refractivity contribution in [2.24, 2.45) is 0 Å². The molecule has 0 radical (unpaired) electrons. The predicted octanol–water partition coefficient (Wildman–Crippen LogP) is 7.01. The van der Waals surface area contributed by atoms with E-state index in [1.807, 2.05) is 0 Å². The van der Waals surface area contributed by atoms with Crippen molar-refractivity contribution in [2.45, 2.75) is 13.0 Å². The molecular formula is C30H19Cl2NO6. The van der Waals surface area contributed by atoms with Crippen LogP contribution in [0.3, 0.4) is 0 Å². The maximum Gasteiger partial charge on any atom is 0.338 e. The number of fused-ring (bicyclic) bond motifs is 1. The number of esters is 1. The molecule has 194 valence electrons. The average molecular weight is 560 g/mol. The van der Waals surface area contributed by atoms with Gasteiger partial charge in [-0.25, -0.2) is 9.69 Å². The van der Waals surface area contributed by atoms with E-state index in [0.29, 0.717) is 22.1 Å². The fourth-order valence-electron chi connectivity index (χ4n) is 4.06. The molecule has 0 aliphatic carbocycles. The molecule has 4 aromatic rings. The molecule has 1 atom stereocenters. The van der Waals surface area contributed by atoms with Crippen LogP contribution in [0, 0.1) is 0 Å². The van der Waals surface area contributed by atoms with Crippen LogP contribution < -0.4 is 9.64 Å². The number of carbonyl (C=O) groups excluding carboxylic acids is 4. The number of nitrogens with zero attached hydrogens (tertiary/aromatic N) is 1. The minimum atomic E-state index is -1.04. The van der Waals surface area contributed by atoms with Crippen LogP contribution >= 0.6 is 23.2 Å². The van der Waals surface area contributed by atoms with E-state index in [-0.39, 0.29) is 33.2 Å². The summed E-state index contributed by atoms with van der Waals surface area (Å²) in [5, 5.41) is 0.737. The minimum Gasteiger partial charge on any atom is -0.456 e. The molecule has 5 rings (SSSR count). The van der Waals surface area contributed by atoms with Crippen LogP contribution in [0.5, 0.6) is 11.5 Å². The van der Waals surface area contributed by atoms with Gasteiger partial charge in [0.15, 0.2) is 6.10 Å². The second kappa shape index (κ2) is 10.7. The molecule has 9 heteroatoms. The van der Waals surface area contributed by atoms with Crippen molar-refractivity contribution in [3.05, 3.63) is 123 Å². The number of ether oxygens (including phenoxy) is 2. The number of rotatable bonds is 7. The first-order chi connectivity index (χ1) is 18.7. The Balaban J connectivity index is 1.33. The Morgan fingerprint density at radius 3 is 2.15 bits per heavy atom. The lowest BCUT2D eigenvalue weighted by Crippen LogP contribution is -2.29. The number of imide groups is 1. The molecule has 0 saturated heterocycles. The number of benzene rings is 4. The second-order valence-corrected chi connectivity index (χ2v) is 9.50. The standard InChI is InChI=1S/C30H19Cl2NO6/c1-17(27(34)18-5-3-2-4-6-18)38-30(37)19-7-13-23-24(15-19)29(36)33(28(23)35)21-10-14-26(25(32)16-21)39-22-11-8-20(31)9-12-22/h2-17H,1H3. The highest BCUT2D eigenvalue weighted by molar-refractivity contribution is 6.36. The molecule has 39 heavy (non-hydrogen) atoms. The summed E-state index contributed by atoms with van der Waals surface area (Å²) >= 11 is 12.3. The van der Waals surface area contributed by atoms with Gasteiger partial charge in [-0.3, -0.25) is 14.4 Å². The summed E-state index contributed by atoms with van der Waals surface area (Å²) in [6.45, 7) is 1.47. The van der Waals surface area contributed by atoms with Crippen molar-refractivity contribution in [1.29, 1.82) is 0 Å². The highest BCUT2D eigenvalue weighted by Gasteiger charge is 2.37. The smallest absolute Gasteiger partial charge is 0.338 e. The minimum absolute atomic E-state index is 0.0362. The second-order valence-electron chi connectivity index (χ2n) is 8.65. The van der Waals surface area contributed by atoms with Crippen molar-refractivity contribution in [3.63, 3.8) is 0 Å². The molecule has 1 heterocycles. The third kappa shape index (κ3) is 5.27. The van der Waals surface area contributed by atoms with Crippen LogP contribution in [0.4, 0.5) is 5.69 Å². The lowest BCUT2D eigenvalue weighted by Gasteiger charge is -2.16. The maximum atomic E-state index is 13.2. The number of halogens is 2. The van der Waals surface area contributed by atoms with E-state index in [1.165, 1.54) is 37.3 Å². The molecule has 0 aromatic heterocycles. The van der Waals surface area contributed by atoms with Crippen molar-refractivity contribution in [3.8, 4) is 11.5 Å². The Morgan fingerprint density at radius 1 is 0.769 bits per heavy atom. The number of ketones is 1. The Labute approximate surface area is 233 Å². The Hall–Kier alpha value is -4.46. The largest absolute Gasteiger partial charge is 0.456 e. The fraction of sp³-hybridized carbons (Fsp3) is 0.0667. The summed E-state index contributed by atoms with van der Waals surface area (Å²) in [7, 11) is 0. The van der Waals surface area contributed by atoms with Gasteiger partial charge in [0.1, 0.15) is 11.5 Å². The quantitative estimate of drug-likeness (QED) is 0.137. The first-order valence-electron chi connectivity index (χ1n) is 11.8. The summed E-state index contributed by atoms with van der Waals surface area (Å²) in [4.78, 5) is 52.6. The van der Waals surface area contributed by atoms with Gasteiger partial charge in [-0.1, -0.05) is 53.5 Å². The lowest BCUT2D eigenvalue weighted by molar-refractivity contribution is 0.0318. The van der Waals surface area contributed by atoms with Crippen LogP contribution in [-0.4, -0.2) is 29.7 Å². The number of hydrogen-bond acceptors (Lipinski definition) is 6. The maximum absolute atomic E-state index is 13.2. The number of anilines is 1. The lowest BCUT2D eigenvalue weighted by atomic mass is 10.1. The van der Waals surface area contributed by atoms with E-state index in [0.717, 1.165) is 4.90 Å². The van der Waals surface area contributed by atoms with Gasteiger partial charge in [0.05, 0.1) is 27.4 Å². The zero-order valence-corrected chi connectivity index (χ0v) is 21.9. The molecule has 1 aliphatic heterocycles. The number of hydrogen-bond donors (Lipinski definition) is 0. The number of carbonyl (C=O) groups is 4. The van der Waals surface area contributed by atoms with Crippen LogP contribution in [0.15, 0.2) is 91.0 Å².